The summed E-state index contributed by atoms with van der Waals surface area (Å²) in [6.07, 6.45) is 4.35. The standard InChI is InChI=1S/C15H17BrN2O/c1-11-8-14(16)9-13(2-5-17)15(11)19-10-12-3-6-18-7-4-12/h3-4,6-9H,2,5,10,17H2,1H3. The van der Waals surface area contributed by atoms with Crippen molar-refractivity contribution in [2.24, 2.45) is 5.73 Å². The second-order valence-electron chi connectivity index (χ2n) is 4.39. The van der Waals surface area contributed by atoms with Crippen molar-refractivity contribution in [3.63, 3.8) is 0 Å². The molecule has 3 nitrogen and oxygen atoms in total. The largest absolute Gasteiger partial charge is 0.488 e. The highest BCUT2D eigenvalue weighted by Crippen LogP contribution is 2.29. The molecule has 2 rings (SSSR count). The fourth-order valence-corrected chi connectivity index (χ4v) is 2.60. The molecular weight excluding hydrogens is 304 g/mol. The summed E-state index contributed by atoms with van der Waals surface area (Å²) in [5, 5.41) is 0. The molecule has 4 heteroatoms. The van der Waals surface area contributed by atoms with Gasteiger partial charge in [-0.15, -0.1) is 0 Å². The van der Waals surface area contributed by atoms with Crippen LogP contribution < -0.4 is 10.5 Å². The van der Waals surface area contributed by atoms with Gasteiger partial charge in [0.1, 0.15) is 12.4 Å². The Morgan fingerprint density at radius 1 is 1.26 bits per heavy atom. The number of hydrogen-bond acceptors (Lipinski definition) is 3. The number of ether oxygens (including phenoxy) is 1. The van der Waals surface area contributed by atoms with Gasteiger partial charge in [-0.05, 0) is 60.8 Å². The first-order valence-corrected chi connectivity index (χ1v) is 7.01. The van der Waals surface area contributed by atoms with Crippen LogP contribution in [0.15, 0.2) is 41.1 Å². The van der Waals surface area contributed by atoms with Gasteiger partial charge in [0.05, 0.1) is 0 Å². The summed E-state index contributed by atoms with van der Waals surface area (Å²) in [4.78, 5) is 4.00. The highest BCUT2D eigenvalue weighted by molar-refractivity contribution is 9.10. The van der Waals surface area contributed by atoms with E-state index >= 15 is 0 Å². The molecule has 0 saturated carbocycles. The van der Waals surface area contributed by atoms with Crippen LogP contribution in [0.5, 0.6) is 5.75 Å². The van der Waals surface area contributed by atoms with Crippen LogP contribution in [0, 0.1) is 6.92 Å². The third-order valence-electron chi connectivity index (χ3n) is 2.86. The van der Waals surface area contributed by atoms with E-state index < -0.39 is 0 Å². The van der Waals surface area contributed by atoms with Crippen molar-refractivity contribution >= 4 is 15.9 Å². The second-order valence-corrected chi connectivity index (χ2v) is 5.31. The maximum atomic E-state index is 5.96. The minimum atomic E-state index is 0.544. The normalized spacial score (nSPS) is 10.5. The van der Waals surface area contributed by atoms with Crippen LogP contribution in [0.2, 0.25) is 0 Å². The van der Waals surface area contributed by atoms with Crippen LogP contribution in [0.3, 0.4) is 0 Å². The predicted octanol–water partition coefficient (Wildman–Crippen LogP) is 3.23. The number of aryl methyl sites for hydroxylation is 1. The summed E-state index contributed by atoms with van der Waals surface area (Å²) in [7, 11) is 0. The molecule has 0 unspecified atom stereocenters. The zero-order valence-corrected chi connectivity index (χ0v) is 12.5. The molecular formula is C15H17BrN2O. The fourth-order valence-electron chi connectivity index (χ4n) is 1.98. The van der Waals surface area contributed by atoms with E-state index in [1.807, 2.05) is 19.1 Å². The lowest BCUT2D eigenvalue weighted by molar-refractivity contribution is 0.300. The van der Waals surface area contributed by atoms with E-state index in [1.54, 1.807) is 12.4 Å². The SMILES string of the molecule is Cc1cc(Br)cc(CCN)c1OCc1ccncc1. The van der Waals surface area contributed by atoms with E-state index in [2.05, 4.69) is 33.0 Å². The third-order valence-corrected chi connectivity index (χ3v) is 3.32. The first-order valence-electron chi connectivity index (χ1n) is 6.21. The van der Waals surface area contributed by atoms with Crippen LogP contribution >= 0.6 is 15.9 Å². The lowest BCUT2D eigenvalue weighted by Gasteiger charge is -2.14. The molecule has 1 aromatic heterocycles. The molecule has 0 amide bonds. The Bertz CT molecular complexity index is 543. The topological polar surface area (TPSA) is 48.1 Å². The molecule has 0 fully saturated rings. The first kappa shape index (κ1) is 14.0. The molecule has 0 aliphatic heterocycles. The number of benzene rings is 1. The van der Waals surface area contributed by atoms with Crippen molar-refractivity contribution < 1.29 is 4.74 Å². The summed E-state index contributed by atoms with van der Waals surface area (Å²) < 4.78 is 7.02. The maximum Gasteiger partial charge on any atom is 0.126 e. The van der Waals surface area contributed by atoms with Crippen molar-refractivity contribution in [1.29, 1.82) is 0 Å². The van der Waals surface area contributed by atoms with Gasteiger partial charge in [0, 0.05) is 16.9 Å². The molecule has 2 N–H and O–H groups in total. The van der Waals surface area contributed by atoms with Gasteiger partial charge < -0.3 is 10.5 Å². The van der Waals surface area contributed by atoms with Gasteiger partial charge in [0.15, 0.2) is 0 Å². The third kappa shape index (κ3) is 3.78. The average molecular weight is 321 g/mol. The van der Waals surface area contributed by atoms with E-state index in [-0.39, 0.29) is 0 Å². The van der Waals surface area contributed by atoms with E-state index in [9.17, 15) is 0 Å². The molecule has 0 aliphatic rings. The Morgan fingerprint density at radius 3 is 2.68 bits per heavy atom. The number of halogens is 1. The number of nitrogens with zero attached hydrogens (tertiary/aromatic N) is 1. The predicted molar refractivity (Wildman–Crippen MR) is 80.2 cm³/mol. The molecule has 0 atom stereocenters. The minimum Gasteiger partial charge on any atom is -0.488 e. The van der Waals surface area contributed by atoms with E-state index in [4.69, 9.17) is 10.5 Å². The van der Waals surface area contributed by atoms with Crippen molar-refractivity contribution in [1.82, 2.24) is 4.98 Å². The molecule has 0 aliphatic carbocycles. The molecule has 0 spiro atoms. The highest BCUT2D eigenvalue weighted by Gasteiger charge is 2.09. The van der Waals surface area contributed by atoms with Gasteiger partial charge in [-0.25, -0.2) is 0 Å². The van der Waals surface area contributed by atoms with Crippen molar-refractivity contribution in [3.8, 4) is 5.75 Å². The zero-order chi connectivity index (χ0) is 13.7. The number of hydrogen-bond donors (Lipinski definition) is 1. The second kappa shape index (κ2) is 6.68. The smallest absolute Gasteiger partial charge is 0.126 e. The summed E-state index contributed by atoms with van der Waals surface area (Å²) in [6, 6.07) is 8.04. The Kier molecular flexibility index (Phi) is 4.93. The Balaban J connectivity index is 2.19. The number of nitrogens with two attached hydrogens (primary N) is 1. The van der Waals surface area contributed by atoms with Crippen LogP contribution in [0.1, 0.15) is 16.7 Å². The van der Waals surface area contributed by atoms with E-state index in [0.29, 0.717) is 13.2 Å². The highest BCUT2D eigenvalue weighted by atomic mass is 79.9. The first-order chi connectivity index (χ1) is 9.20. The minimum absolute atomic E-state index is 0.544. The number of rotatable bonds is 5. The molecule has 1 aromatic carbocycles. The Morgan fingerprint density at radius 2 is 2.00 bits per heavy atom. The van der Waals surface area contributed by atoms with Crippen molar-refractivity contribution in [2.75, 3.05) is 6.54 Å². The van der Waals surface area contributed by atoms with Gasteiger partial charge in [0.2, 0.25) is 0 Å². The van der Waals surface area contributed by atoms with Crippen LogP contribution in [-0.4, -0.2) is 11.5 Å². The average Bonchev–Trinajstić information content (AvgIpc) is 2.39. The summed E-state index contributed by atoms with van der Waals surface area (Å²) in [5.41, 5.74) is 9.02. The van der Waals surface area contributed by atoms with Crippen LogP contribution in [0.25, 0.3) is 0 Å². The summed E-state index contributed by atoms with van der Waals surface area (Å²) >= 11 is 3.51. The maximum absolute atomic E-state index is 5.96. The van der Waals surface area contributed by atoms with Crippen LogP contribution in [0.4, 0.5) is 0 Å². The molecule has 0 saturated heterocycles. The molecule has 100 valence electrons. The summed E-state index contributed by atoms with van der Waals surface area (Å²) in [5.74, 6) is 0.936. The van der Waals surface area contributed by atoms with Crippen molar-refractivity contribution in [2.45, 2.75) is 20.0 Å². The van der Waals surface area contributed by atoms with Crippen molar-refractivity contribution in [3.05, 3.63) is 57.8 Å². The number of pyridine rings is 1. The molecule has 1 heterocycles. The van der Waals surface area contributed by atoms with Crippen LogP contribution in [-0.2, 0) is 13.0 Å². The summed E-state index contributed by atoms with van der Waals surface area (Å²) in [6.45, 7) is 3.21. The molecule has 2 aromatic rings. The van der Waals surface area contributed by atoms with Gasteiger partial charge in [-0.1, -0.05) is 15.9 Å². The van der Waals surface area contributed by atoms with E-state index in [0.717, 1.165) is 33.3 Å². The van der Waals surface area contributed by atoms with Gasteiger partial charge in [-0.2, -0.15) is 0 Å². The lowest BCUT2D eigenvalue weighted by atomic mass is 10.1. The van der Waals surface area contributed by atoms with E-state index in [1.165, 1.54) is 0 Å². The monoisotopic (exact) mass is 320 g/mol. The van der Waals surface area contributed by atoms with Gasteiger partial charge in [-0.3, -0.25) is 4.98 Å². The van der Waals surface area contributed by atoms with Gasteiger partial charge in [0.25, 0.3) is 0 Å². The number of aromatic nitrogens is 1. The zero-order valence-electron chi connectivity index (χ0n) is 10.9. The Hall–Kier alpha value is -1.39. The quantitative estimate of drug-likeness (QED) is 0.920. The molecule has 19 heavy (non-hydrogen) atoms. The Labute approximate surface area is 121 Å². The van der Waals surface area contributed by atoms with Gasteiger partial charge >= 0.3 is 0 Å². The fraction of sp³-hybridized carbons (Fsp3) is 0.267. The molecule has 0 bridgehead atoms. The molecule has 0 radical (unpaired) electrons. The lowest BCUT2D eigenvalue weighted by Crippen LogP contribution is -2.06.